The van der Waals surface area contributed by atoms with Gasteiger partial charge in [0.1, 0.15) is 19.8 Å². The van der Waals surface area contributed by atoms with Gasteiger partial charge in [0.05, 0.1) is 27.7 Å². The van der Waals surface area contributed by atoms with Gasteiger partial charge >= 0.3 is 11.9 Å². The molecule has 2 atom stereocenters. The van der Waals surface area contributed by atoms with Crippen LogP contribution in [0.1, 0.15) is 354 Å². The summed E-state index contributed by atoms with van der Waals surface area (Å²) < 4.78 is 34.2. The maximum Gasteiger partial charge on any atom is 0.306 e. The van der Waals surface area contributed by atoms with Crippen molar-refractivity contribution in [1.29, 1.82) is 0 Å². The quantitative estimate of drug-likeness (QED) is 0.0256. The van der Waals surface area contributed by atoms with E-state index in [1.165, 1.54) is 289 Å². The summed E-state index contributed by atoms with van der Waals surface area (Å²) in [6.07, 6.45) is 67.7. The summed E-state index contributed by atoms with van der Waals surface area (Å²) in [6, 6.07) is 0. The average Bonchev–Trinajstić information content (AvgIpc) is 3.37. The van der Waals surface area contributed by atoms with Crippen LogP contribution in [0, 0.1) is 0 Å². The van der Waals surface area contributed by atoms with Gasteiger partial charge in [-0.3, -0.25) is 14.2 Å². The van der Waals surface area contributed by atoms with Gasteiger partial charge in [-0.05, 0) is 12.8 Å². The van der Waals surface area contributed by atoms with Crippen LogP contribution < -0.4 is 4.89 Å². The summed E-state index contributed by atoms with van der Waals surface area (Å²) in [6.45, 7) is 4.31. The molecule has 0 fully saturated rings. The van der Waals surface area contributed by atoms with Gasteiger partial charge in [0.15, 0.2) is 6.10 Å². The molecular weight excluding hydrogens is 954 g/mol. The topological polar surface area (TPSA) is 111 Å². The standard InChI is InChI=1S/C65H130NO8P/c1-6-8-10-12-14-16-18-20-22-23-24-25-26-27-28-29-30-31-32-33-34-35-36-37-38-39-40-41-42-43-44-46-48-50-52-54-56-58-65(68)74-63(62-73-75(69,70)72-60-59-66(3,4)5)61-71-64(67)57-55-53-51-49-47-45-21-19-17-15-13-11-9-7-2/h63H,6-62H2,1-5H3. The van der Waals surface area contributed by atoms with Gasteiger partial charge in [0, 0.05) is 12.8 Å². The number of nitrogens with zero attached hydrogens (tertiary/aromatic N) is 1. The Morgan fingerprint density at radius 3 is 0.853 bits per heavy atom. The summed E-state index contributed by atoms with van der Waals surface area (Å²) >= 11 is 0. The Labute approximate surface area is 467 Å². The molecule has 0 saturated heterocycles. The van der Waals surface area contributed by atoms with Crippen molar-refractivity contribution < 1.29 is 42.1 Å². The maximum absolute atomic E-state index is 12.8. The van der Waals surface area contributed by atoms with E-state index in [9.17, 15) is 19.0 Å². The van der Waals surface area contributed by atoms with Crippen LogP contribution in [0.2, 0.25) is 0 Å². The molecule has 0 aliphatic rings. The van der Waals surface area contributed by atoms with E-state index < -0.39 is 26.5 Å². The van der Waals surface area contributed by atoms with Gasteiger partial charge in [-0.25, -0.2) is 0 Å². The first-order chi connectivity index (χ1) is 36.5. The van der Waals surface area contributed by atoms with Gasteiger partial charge in [-0.15, -0.1) is 0 Å². The van der Waals surface area contributed by atoms with E-state index in [0.29, 0.717) is 17.4 Å². The molecule has 10 heteroatoms. The summed E-state index contributed by atoms with van der Waals surface area (Å²) in [7, 11) is 1.19. The van der Waals surface area contributed by atoms with Crippen LogP contribution >= 0.6 is 7.82 Å². The fraction of sp³-hybridized carbons (Fsp3) is 0.969. The Bertz CT molecular complexity index is 1230. The molecule has 0 rings (SSSR count). The smallest absolute Gasteiger partial charge is 0.306 e. The third-order valence-electron chi connectivity index (χ3n) is 15.4. The predicted molar refractivity (Wildman–Crippen MR) is 319 cm³/mol. The first-order valence-corrected chi connectivity index (χ1v) is 34.7. The van der Waals surface area contributed by atoms with E-state index in [0.717, 1.165) is 32.1 Å². The van der Waals surface area contributed by atoms with E-state index in [-0.39, 0.29) is 32.0 Å². The maximum atomic E-state index is 12.8. The number of quaternary nitrogens is 1. The highest BCUT2D eigenvalue weighted by atomic mass is 31.2. The molecule has 0 aliphatic carbocycles. The summed E-state index contributed by atoms with van der Waals surface area (Å²) in [5.74, 6) is -0.809. The van der Waals surface area contributed by atoms with Crippen LogP contribution in [0.15, 0.2) is 0 Å². The van der Waals surface area contributed by atoms with E-state index in [1.807, 2.05) is 21.1 Å². The second-order valence-electron chi connectivity index (χ2n) is 24.2. The number of ether oxygens (including phenoxy) is 2. The second kappa shape index (κ2) is 57.7. The highest BCUT2D eigenvalue weighted by molar-refractivity contribution is 7.45. The number of hydrogen-bond acceptors (Lipinski definition) is 8. The molecule has 2 unspecified atom stereocenters. The van der Waals surface area contributed by atoms with E-state index in [4.69, 9.17) is 18.5 Å². The lowest BCUT2D eigenvalue weighted by Crippen LogP contribution is -2.37. The number of phosphoric ester groups is 1. The number of hydrogen-bond donors (Lipinski definition) is 0. The predicted octanol–water partition coefficient (Wildman–Crippen LogP) is 20.4. The molecule has 0 radical (unpaired) electrons. The van der Waals surface area contributed by atoms with E-state index in [1.54, 1.807) is 0 Å². The second-order valence-corrected chi connectivity index (χ2v) is 25.6. The van der Waals surface area contributed by atoms with Crippen molar-refractivity contribution in [3.05, 3.63) is 0 Å². The summed E-state index contributed by atoms with van der Waals surface area (Å²) in [5, 5.41) is 0. The number of esters is 2. The van der Waals surface area contributed by atoms with Crippen molar-refractivity contribution in [3.8, 4) is 0 Å². The molecular formula is C65H130NO8P. The molecule has 0 spiro atoms. The molecule has 0 aromatic rings. The van der Waals surface area contributed by atoms with Crippen molar-refractivity contribution in [1.82, 2.24) is 0 Å². The number of unbranched alkanes of at least 4 members (excludes halogenated alkanes) is 49. The monoisotopic (exact) mass is 1080 g/mol. The van der Waals surface area contributed by atoms with Crippen LogP contribution in [0.25, 0.3) is 0 Å². The third kappa shape index (κ3) is 62.1. The minimum Gasteiger partial charge on any atom is -0.756 e. The zero-order chi connectivity index (χ0) is 54.9. The minimum atomic E-state index is -4.63. The Kier molecular flexibility index (Phi) is 56.9. The molecule has 0 aromatic carbocycles. The van der Waals surface area contributed by atoms with E-state index in [2.05, 4.69) is 13.8 Å². The first-order valence-electron chi connectivity index (χ1n) is 33.2. The van der Waals surface area contributed by atoms with Crippen LogP contribution in [-0.2, 0) is 32.7 Å². The highest BCUT2D eigenvalue weighted by Crippen LogP contribution is 2.38. The molecule has 75 heavy (non-hydrogen) atoms. The molecule has 9 nitrogen and oxygen atoms in total. The first kappa shape index (κ1) is 74.0. The zero-order valence-corrected chi connectivity index (χ0v) is 51.9. The fourth-order valence-corrected chi connectivity index (χ4v) is 11.0. The highest BCUT2D eigenvalue weighted by Gasteiger charge is 2.22. The van der Waals surface area contributed by atoms with Crippen molar-refractivity contribution in [2.75, 3.05) is 47.5 Å². The minimum absolute atomic E-state index is 0.0251. The Hall–Kier alpha value is -0.990. The van der Waals surface area contributed by atoms with Crippen LogP contribution in [0.3, 0.4) is 0 Å². The number of phosphoric acid groups is 1. The lowest BCUT2D eigenvalue weighted by atomic mass is 10.0. The molecule has 0 aromatic heterocycles. The Morgan fingerprint density at radius 2 is 0.600 bits per heavy atom. The number of carbonyl (C=O) groups is 2. The molecule has 0 aliphatic heterocycles. The van der Waals surface area contributed by atoms with Crippen molar-refractivity contribution in [3.63, 3.8) is 0 Å². The molecule has 448 valence electrons. The van der Waals surface area contributed by atoms with Gasteiger partial charge < -0.3 is 27.9 Å². The van der Waals surface area contributed by atoms with Gasteiger partial charge in [0.2, 0.25) is 0 Å². The molecule has 0 saturated carbocycles. The molecule has 0 bridgehead atoms. The van der Waals surface area contributed by atoms with Crippen molar-refractivity contribution in [2.45, 2.75) is 360 Å². The van der Waals surface area contributed by atoms with Crippen LogP contribution in [0.5, 0.6) is 0 Å². The average molecular weight is 1080 g/mol. The molecule has 0 amide bonds. The Balaban J connectivity index is 3.85. The molecule has 0 heterocycles. The van der Waals surface area contributed by atoms with E-state index >= 15 is 0 Å². The van der Waals surface area contributed by atoms with Crippen molar-refractivity contribution >= 4 is 19.8 Å². The summed E-state index contributed by atoms with van der Waals surface area (Å²) in [5.41, 5.74) is 0. The lowest BCUT2D eigenvalue weighted by Gasteiger charge is -2.28. The van der Waals surface area contributed by atoms with Gasteiger partial charge in [-0.2, -0.15) is 0 Å². The fourth-order valence-electron chi connectivity index (χ4n) is 10.3. The summed E-state index contributed by atoms with van der Waals surface area (Å²) in [4.78, 5) is 37.9. The Morgan fingerprint density at radius 1 is 0.360 bits per heavy atom. The van der Waals surface area contributed by atoms with Crippen molar-refractivity contribution in [2.24, 2.45) is 0 Å². The van der Waals surface area contributed by atoms with Gasteiger partial charge in [0.25, 0.3) is 7.82 Å². The largest absolute Gasteiger partial charge is 0.756 e. The number of carbonyl (C=O) groups excluding carboxylic acids is 2. The van der Waals surface area contributed by atoms with Crippen LogP contribution in [0.4, 0.5) is 0 Å². The van der Waals surface area contributed by atoms with Crippen LogP contribution in [-0.4, -0.2) is 70.0 Å². The number of likely N-dealkylation sites (N-methyl/N-ethyl adjacent to an activating group) is 1. The lowest BCUT2D eigenvalue weighted by molar-refractivity contribution is -0.870. The number of rotatable bonds is 63. The zero-order valence-electron chi connectivity index (χ0n) is 51.0. The normalized spacial score (nSPS) is 13.1. The SMILES string of the molecule is CCCCCCCCCCCCCCCCCCCCCCCCCCCCCCCCCCCCCCCC(=O)OC(COC(=O)CCCCCCCCCCCCCCCC)COP(=O)([O-])OCC[N+](C)(C)C. The third-order valence-corrected chi connectivity index (χ3v) is 16.3. The molecule has 0 N–H and O–H groups in total. The van der Waals surface area contributed by atoms with Gasteiger partial charge in [-0.1, -0.05) is 328 Å².